The van der Waals surface area contributed by atoms with Crippen LogP contribution in [0.3, 0.4) is 0 Å². The molecule has 1 aromatic rings. The van der Waals surface area contributed by atoms with Crippen molar-refractivity contribution in [3.8, 4) is 0 Å². The van der Waals surface area contributed by atoms with Crippen LogP contribution in [0.4, 0.5) is 4.39 Å². The maximum Gasteiger partial charge on any atom is 0.123 e. The van der Waals surface area contributed by atoms with Crippen LogP contribution in [0.15, 0.2) is 24.3 Å². The van der Waals surface area contributed by atoms with E-state index >= 15 is 0 Å². The highest BCUT2D eigenvalue weighted by atomic mass is 19.1. The standard InChI is InChI=1S/C15H23FN2/c1-3-13(2)18-10-8-17(9-11-18)12-14-4-6-15(16)7-5-14/h4-7,13H,3,8-12H2,1-2H3. The molecule has 0 aromatic heterocycles. The maximum absolute atomic E-state index is 12.8. The van der Waals surface area contributed by atoms with Crippen LogP contribution < -0.4 is 0 Å². The summed E-state index contributed by atoms with van der Waals surface area (Å²) in [5, 5.41) is 0. The molecule has 0 amide bonds. The number of hydrogen-bond donors (Lipinski definition) is 0. The van der Waals surface area contributed by atoms with Gasteiger partial charge in [0.15, 0.2) is 0 Å². The lowest BCUT2D eigenvalue weighted by Gasteiger charge is -2.37. The molecule has 1 aromatic carbocycles. The average Bonchev–Trinajstić information content (AvgIpc) is 2.41. The van der Waals surface area contributed by atoms with Crippen molar-refractivity contribution in [3.63, 3.8) is 0 Å². The van der Waals surface area contributed by atoms with Gasteiger partial charge in [0.2, 0.25) is 0 Å². The van der Waals surface area contributed by atoms with Crippen molar-refractivity contribution in [1.82, 2.24) is 9.80 Å². The van der Waals surface area contributed by atoms with E-state index in [9.17, 15) is 4.39 Å². The Bertz CT molecular complexity index is 355. The third kappa shape index (κ3) is 3.53. The van der Waals surface area contributed by atoms with Crippen molar-refractivity contribution in [2.75, 3.05) is 26.2 Å². The second kappa shape index (κ2) is 6.30. The predicted molar refractivity (Wildman–Crippen MR) is 73.0 cm³/mol. The highest BCUT2D eigenvalue weighted by Crippen LogP contribution is 2.12. The third-order valence-corrected chi connectivity index (χ3v) is 3.94. The van der Waals surface area contributed by atoms with Crippen LogP contribution in [0.25, 0.3) is 0 Å². The monoisotopic (exact) mass is 250 g/mol. The van der Waals surface area contributed by atoms with Crippen molar-refractivity contribution < 1.29 is 4.39 Å². The minimum atomic E-state index is -0.152. The van der Waals surface area contributed by atoms with E-state index in [1.165, 1.54) is 12.0 Å². The largest absolute Gasteiger partial charge is 0.298 e. The van der Waals surface area contributed by atoms with Gasteiger partial charge in [-0.05, 0) is 31.0 Å². The molecule has 1 unspecified atom stereocenters. The molecule has 1 atom stereocenters. The van der Waals surface area contributed by atoms with E-state index in [2.05, 4.69) is 23.6 Å². The molecule has 1 saturated heterocycles. The van der Waals surface area contributed by atoms with Crippen LogP contribution >= 0.6 is 0 Å². The van der Waals surface area contributed by atoms with Crippen LogP contribution in [0.2, 0.25) is 0 Å². The zero-order valence-corrected chi connectivity index (χ0v) is 11.4. The van der Waals surface area contributed by atoms with Gasteiger partial charge in [0.05, 0.1) is 0 Å². The van der Waals surface area contributed by atoms with Gasteiger partial charge in [0, 0.05) is 38.8 Å². The summed E-state index contributed by atoms with van der Waals surface area (Å²) in [5.74, 6) is -0.152. The van der Waals surface area contributed by atoms with Crippen molar-refractivity contribution >= 4 is 0 Å². The molecule has 1 aliphatic rings. The Labute approximate surface area is 109 Å². The first kappa shape index (κ1) is 13.5. The lowest BCUT2D eigenvalue weighted by atomic mass is 10.1. The molecule has 2 nitrogen and oxygen atoms in total. The molecular weight excluding hydrogens is 227 g/mol. The van der Waals surface area contributed by atoms with E-state index in [-0.39, 0.29) is 5.82 Å². The molecule has 2 rings (SSSR count). The minimum absolute atomic E-state index is 0.152. The van der Waals surface area contributed by atoms with E-state index in [1.54, 1.807) is 12.1 Å². The molecular formula is C15H23FN2. The van der Waals surface area contributed by atoms with Crippen molar-refractivity contribution in [2.24, 2.45) is 0 Å². The molecule has 0 N–H and O–H groups in total. The zero-order valence-electron chi connectivity index (χ0n) is 11.4. The summed E-state index contributed by atoms with van der Waals surface area (Å²) in [5.41, 5.74) is 1.20. The lowest BCUT2D eigenvalue weighted by Crippen LogP contribution is -2.48. The maximum atomic E-state index is 12.8. The lowest BCUT2D eigenvalue weighted by molar-refractivity contribution is 0.0963. The number of rotatable bonds is 4. The molecule has 18 heavy (non-hydrogen) atoms. The number of nitrogens with zero attached hydrogens (tertiary/aromatic N) is 2. The molecule has 0 saturated carbocycles. The van der Waals surface area contributed by atoms with Crippen LogP contribution in [0, 0.1) is 5.82 Å². The first-order chi connectivity index (χ1) is 8.69. The Kier molecular flexibility index (Phi) is 4.72. The van der Waals surface area contributed by atoms with Gasteiger partial charge in [-0.3, -0.25) is 9.80 Å². The fraction of sp³-hybridized carbons (Fsp3) is 0.600. The van der Waals surface area contributed by atoms with E-state index in [1.807, 2.05) is 12.1 Å². The second-order valence-corrected chi connectivity index (χ2v) is 5.20. The molecule has 0 spiro atoms. The molecule has 3 heteroatoms. The van der Waals surface area contributed by atoms with Gasteiger partial charge in [0.25, 0.3) is 0 Å². The fourth-order valence-corrected chi connectivity index (χ4v) is 2.47. The summed E-state index contributed by atoms with van der Waals surface area (Å²) in [7, 11) is 0. The molecule has 0 aliphatic carbocycles. The van der Waals surface area contributed by atoms with E-state index in [0.717, 1.165) is 32.7 Å². The Hall–Kier alpha value is -0.930. The SMILES string of the molecule is CCC(C)N1CCN(Cc2ccc(F)cc2)CC1. The van der Waals surface area contributed by atoms with Crippen molar-refractivity contribution in [2.45, 2.75) is 32.9 Å². The van der Waals surface area contributed by atoms with Gasteiger partial charge in [-0.15, -0.1) is 0 Å². The fourth-order valence-electron chi connectivity index (χ4n) is 2.47. The topological polar surface area (TPSA) is 6.48 Å². The van der Waals surface area contributed by atoms with Gasteiger partial charge < -0.3 is 0 Å². The summed E-state index contributed by atoms with van der Waals surface area (Å²) in [4.78, 5) is 5.01. The Morgan fingerprint density at radius 2 is 1.72 bits per heavy atom. The molecule has 100 valence electrons. The van der Waals surface area contributed by atoms with Crippen LogP contribution in [-0.4, -0.2) is 42.0 Å². The van der Waals surface area contributed by atoms with E-state index < -0.39 is 0 Å². The number of halogens is 1. The normalized spacial score (nSPS) is 19.9. The van der Waals surface area contributed by atoms with Gasteiger partial charge >= 0.3 is 0 Å². The predicted octanol–water partition coefficient (Wildman–Crippen LogP) is 2.74. The van der Waals surface area contributed by atoms with Gasteiger partial charge in [0.1, 0.15) is 5.82 Å². The third-order valence-electron chi connectivity index (χ3n) is 3.94. The van der Waals surface area contributed by atoms with Crippen molar-refractivity contribution in [3.05, 3.63) is 35.6 Å². The first-order valence-electron chi connectivity index (χ1n) is 6.90. The van der Waals surface area contributed by atoms with Crippen LogP contribution in [0.5, 0.6) is 0 Å². The number of hydrogen-bond acceptors (Lipinski definition) is 2. The Morgan fingerprint density at radius 1 is 1.11 bits per heavy atom. The summed E-state index contributed by atoms with van der Waals surface area (Å²) < 4.78 is 12.8. The second-order valence-electron chi connectivity index (χ2n) is 5.20. The van der Waals surface area contributed by atoms with E-state index in [4.69, 9.17) is 0 Å². The molecule has 0 bridgehead atoms. The van der Waals surface area contributed by atoms with Gasteiger partial charge in [-0.1, -0.05) is 19.1 Å². The van der Waals surface area contributed by atoms with Crippen LogP contribution in [0.1, 0.15) is 25.8 Å². The van der Waals surface area contributed by atoms with Crippen LogP contribution in [-0.2, 0) is 6.54 Å². The number of benzene rings is 1. The first-order valence-corrected chi connectivity index (χ1v) is 6.90. The van der Waals surface area contributed by atoms with E-state index in [0.29, 0.717) is 6.04 Å². The summed E-state index contributed by atoms with van der Waals surface area (Å²) in [6.07, 6.45) is 1.22. The molecule has 0 radical (unpaired) electrons. The summed E-state index contributed by atoms with van der Waals surface area (Å²) in [6.45, 7) is 10.0. The quantitative estimate of drug-likeness (QED) is 0.810. The molecule has 1 heterocycles. The smallest absolute Gasteiger partial charge is 0.123 e. The molecule has 1 aliphatic heterocycles. The van der Waals surface area contributed by atoms with Gasteiger partial charge in [-0.25, -0.2) is 4.39 Å². The number of piperazine rings is 1. The average molecular weight is 250 g/mol. The van der Waals surface area contributed by atoms with Crippen molar-refractivity contribution in [1.29, 1.82) is 0 Å². The minimum Gasteiger partial charge on any atom is -0.298 e. The molecule has 1 fully saturated rings. The highest BCUT2D eigenvalue weighted by Gasteiger charge is 2.19. The van der Waals surface area contributed by atoms with Gasteiger partial charge in [-0.2, -0.15) is 0 Å². The Morgan fingerprint density at radius 3 is 2.28 bits per heavy atom. The summed E-state index contributed by atoms with van der Waals surface area (Å²) >= 11 is 0. The summed E-state index contributed by atoms with van der Waals surface area (Å²) in [6, 6.07) is 7.56. The zero-order chi connectivity index (χ0) is 13.0. The Balaban J connectivity index is 1.81. The highest BCUT2D eigenvalue weighted by molar-refractivity contribution is 5.15.